The molecule has 2 heteroatoms. The zero-order valence-electron chi connectivity index (χ0n) is 31.3. The van der Waals surface area contributed by atoms with Gasteiger partial charge in [0.15, 0.2) is 0 Å². The molecule has 0 spiro atoms. The Labute approximate surface area is 301 Å². The molecule has 7 rings (SSSR count). The molecule has 4 unspecified atom stereocenters. The molecule has 2 nitrogen and oxygen atoms in total. The summed E-state index contributed by atoms with van der Waals surface area (Å²) in [6.07, 6.45) is 21.2. The predicted octanol–water partition coefficient (Wildman–Crippen LogP) is 13.0. The average Bonchev–Trinajstić information content (AvgIpc) is 3.12. The van der Waals surface area contributed by atoms with Crippen molar-refractivity contribution in [2.75, 3.05) is 9.80 Å². The molecule has 4 aliphatic carbocycles. The Hall–Kier alpha value is -4.56. The smallest absolute Gasteiger partial charge is 0.0699 e. The number of fused-ring (bicyclic) bond motifs is 2. The van der Waals surface area contributed by atoms with Gasteiger partial charge < -0.3 is 9.80 Å². The predicted molar refractivity (Wildman–Crippen MR) is 215 cm³/mol. The molecule has 0 saturated heterocycles. The second-order valence-electron chi connectivity index (χ2n) is 15.6. The first-order valence-electron chi connectivity index (χ1n) is 18.9. The van der Waals surface area contributed by atoms with Crippen molar-refractivity contribution in [3.05, 3.63) is 172 Å². The Morgan fingerprint density at radius 3 is 2.18 bits per heavy atom. The van der Waals surface area contributed by atoms with Crippen molar-refractivity contribution >= 4 is 17.1 Å². The zero-order chi connectivity index (χ0) is 35.1. The lowest BCUT2D eigenvalue weighted by molar-refractivity contribution is 0.523. The van der Waals surface area contributed by atoms with E-state index in [4.69, 9.17) is 0 Å². The number of rotatable bonds is 8. The highest BCUT2D eigenvalue weighted by Gasteiger charge is 2.43. The summed E-state index contributed by atoms with van der Waals surface area (Å²) in [5.74, 6) is 1.89. The normalized spacial score (nSPS) is 22.8. The molecule has 4 atom stereocenters. The van der Waals surface area contributed by atoms with Gasteiger partial charge in [0.1, 0.15) is 0 Å². The highest BCUT2D eigenvalue weighted by molar-refractivity contribution is 5.91. The van der Waals surface area contributed by atoms with Crippen LogP contribution in [0.4, 0.5) is 11.4 Å². The Morgan fingerprint density at radius 1 is 0.740 bits per heavy atom. The topological polar surface area (TPSA) is 6.48 Å². The van der Waals surface area contributed by atoms with E-state index in [9.17, 15) is 0 Å². The van der Waals surface area contributed by atoms with Crippen LogP contribution in [0.5, 0.6) is 0 Å². The summed E-state index contributed by atoms with van der Waals surface area (Å²) in [6, 6.07) is 27.8. The summed E-state index contributed by atoms with van der Waals surface area (Å²) >= 11 is 0. The van der Waals surface area contributed by atoms with Crippen LogP contribution in [0.2, 0.25) is 0 Å². The molecule has 0 aliphatic heterocycles. The molecule has 0 heterocycles. The van der Waals surface area contributed by atoms with Gasteiger partial charge in [-0.05, 0) is 109 Å². The van der Waals surface area contributed by atoms with E-state index < -0.39 is 0 Å². The quantitative estimate of drug-likeness (QED) is 0.238. The van der Waals surface area contributed by atoms with E-state index in [1.165, 1.54) is 67.4 Å². The monoisotopic (exact) mass is 658 g/mol. The molecule has 0 radical (unpaired) electrons. The van der Waals surface area contributed by atoms with Gasteiger partial charge in [0.05, 0.1) is 11.7 Å². The molecule has 0 saturated carbocycles. The van der Waals surface area contributed by atoms with Crippen LogP contribution < -0.4 is 9.80 Å². The second-order valence-corrected chi connectivity index (χ2v) is 15.6. The van der Waals surface area contributed by atoms with Crippen LogP contribution >= 0.6 is 0 Å². The number of benzene rings is 3. The fourth-order valence-corrected chi connectivity index (χ4v) is 8.16. The number of hydrogen-bond donors (Lipinski definition) is 0. The lowest BCUT2D eigenvalue weighted by Crippen LogP contribution is -2.40. The van der Waals surface area contributed by atoms with Gasteiger partial charge in [-0.25, -0.2) is 0 Å². The van der Waals surface area contributed by atoms with Gasteiger partial charge in [-0.15, -0.1) is 0 Å². The number of para-hydroxylation sites is 1. The Balaban J connectivity index is 1.56. The Kier molecular flexibility index (Phi) is 9.49. The van der Waals surface area contributed by atoms with E-state index in [0.29, 0.717) is 23.7 Å². The maximum Gasteiger partial charge on any atom is 0.0699 e. The van der Waals surface area contributed by atoms with Crippen molar-refractivity contribution in [2.24, 2.45) is 23.7 Å². The first-order chi connectivity index (χ1) is 24.1. The molecule has 4 aliphatic rings. The summed E-state index contributed by atoms with van der Waals surface area (Å²) in [5, 5.41) is 0. The lowest BCUT2D eigenvalue weighted by Gasteiger charge is -2.48. The maximum absolute atomic E-state index is 2.70. The summed E-state index contributed by atoms with van der Waals surface area (Å²) in [6.45, 7) is 18.5. The van der Waals surface area contributed by atoms with E-state index in [2.05, 4.69) is 187 Å². The number of nitrogens with zero attached hydrogens (tertiary/aromatic N) is 2. The Bertz CT molecular complexity index is 1960. The largest absolute Gasteiger partial charge is 0.337 e. The highest BCUT2D eigenvalue weighted by atomic mass is 15.2. The summed E-state index contributed by atoms with van der Waals surface area (Å²) < 4.78 is 0. The van der Waals surface area contributed by atoms with Crippen LogP contribution in [0.25, 0.3) is 5.70 Å². The first-order valence-corrected chi connectivity index (χ1v) is 18.9. The van der Waals surface area contributed by atoms with Crippen LogP contribution in [0.15, 0.2) is 150 Å². The van der Waals surface area contributed by atoms with Crippen molar-refractivity contribution in [1.29, 1.82) is 0 Å². The van der Waals surface area contributed by atoms with Gasteiger partial charge in [-0.2, -0.15) is 0 Å². The molecule has 0 N–H and O–H groups in total. The molecule has 0 aromatic heterocycles. The van der Waals surface area contributed by atoms with Crippen molar-refractivity contribution in [3.63, 3.8) is 0 Å². The fraction of sp³-hybridized carbons (Fsp3) is 0.333. The molecule has 0 amide bonds. The molecular weight excluding hydrogens is 605 g/mol. The minimum absolute atomic E-state index is 0.0915. The molecule has 0 bridgehead atoms. The van der Waals surface area contributed by atoms with Crippen LogP contribution in [-0.2, 0) is 0 Å². The molecule has 256 valence electrons. The van der Waals surface area contributed by atoms with Crippen LogP contribution in [0.3, 0.4) is 0 Å². The van der Waals surface area contributed by atoms with E-state index >= 15 is 0 Å². The third-order valence-corrected chi connectivity index (χ3v) is 11.4. The van der Waals surface area contributed by atoms with E-state index in [0.717, 1.165) is 12.8 Å². The number of anilines is 2. The van der Waals surface area contributed by atoms with Gasteiger partial charge in [-0.1, -0.05) is 132 Å². The zero-order valence-corrected chi connectivity index (χ0v) is 31.3. The van der Waals surface area contributed by atoms with Crippen molar-refractivity contribution in [1.82, 2.24) is 0 Å². The molecule has 0 fully saturated rings. The van der Waals surface area contributed by atoms with Crippen molar-refractivity contribution in [3.8, 4) is 0 Å². The number of allylic oxidation sites excluding steroid dienone is 11. The standard InChI is InChI=1S/C48H54N2/c1-31(2)37-22-27-43-44(29-37)47(49(39-15-10-9-11-16-39)41-25-20-34(6)36(8)28-41)42-26-21-38(32(3)4)30-45(42)48(43)50(40-23-18-33(5)19-24-40)46-17-13-12-14-35(46)7/h9-13,15-27,29-32,35-36,44,47H,14,28H2,1-8H3. The molecule has 3 aromatic carbocycles. The van der Waals surface area contributed by atoms with Gasteiger partial charge in [0.2, 0.25) is 0 Å². The number of hydrogen-bond acceptors (Lipinski definition) is 2. The third kappa shape index (κ3) is 6.30. The van der Waals surface area contributed by atoms with Gasteiger partial charge in [0.25, 0.3) is 0 Å². The first kappa shape index (κ1) is 33.9. The summed E-state index contributed by atoms with van der Waals surface area (Å²) in [5.41, 5.74) is 16.2. The fourth-order valence-electron chi connectivity index (χ4n) is 8.16. The van der Waals surface area contributed by atoms with Crippen molar-refractivity contribution in [2.45, 2.75) is 80.2 Å². The van der Waals surface area contributed by atoms with Gasteiger partial charge in [-0.3, -0.25) is 0 Å². The second kappa shape index (κ2) is 14.0. The third-order valence-electron chi connectivity index (χ3n) is 11.4. The molecular formula is C48H54N2. The lowest BCUT2D eigenvalue weighted by atomic mass is 9.71. The molecule has 50 heavy (non-hydrogen) atoms. The van der Waals surface area contributed by atoms with E-state index in [1.54, 1.807) is 0 Å². The SMILES string of the molecule is CC1=CC=C(N(c2ccccc2)C2c3ccc(C(C)C)cc3C(N(C3=CC=CCC3C)c3ccc(C)cc3)=C3C=CC(C(C)C)=CC32)CC1C. The Morgan fingerprint density at radius 2 is 1.50 bits per heavy atom. The minimum atomic E-state index is 0.0915. The van der Waals surface area contributed by atoms with E-state index in [-0.39, 0.29) is 12.0 Å². The maximum atomic E-state index is 2.70. The minimum Gasteiger partial charge on any atom is -0.337 e. The van der Waals surface area contributed by atoms with Gasteiger partial charge in [0, 0.05) is 40.2 Å². The van der Waals surface area contributed by atoms with Crippen LogP contribution in [0, 0.1) is 30.6 Å². The van der Waals surface area contributed by atoms with Crippen molar-refractivity contribution < 1.29 is 0 Å². The summed E-state index contributed by atoms with van der Waals surface area (Å²) in [7, 11) is 0. The molecule has 3 aromatic rings. The summed E-state index contributed by atoms with van der Waals surface area (Å²) in [4.78, 5) is 5.32. The van der Waals surface area contributed by atoms with E-state index in [1.807, 2.05) is 0 Å². The highest BCUT2D eigenvalue weighted by Crippen LogP contribution is 2.54. The number of aryl methyl sites for hydroxylation is 1. The van der Waals surface area contributed by atoms with Gasteiger partial charge >= 0.3 is 0 Å². The van der Waals surface area contributed by atoms with Crippen LogP contribution in [-0.4, -0.2) is 0 Å². The average molecular weight is 659 g/mol. The van der Waals surface area contributed by atoms with Crippen LogP contribution in [0.1, 0.15) is 95.5 Å².